The Hall–Kier alpha value is -2.82. The smallest absolute Gasteiger partial charge is 0.418 e. The Balaban J connectivity index is 0.00000148. The maximum absolute atomic E-state index is 13.7. The Morgan fingerprint density at radius 1 is 1.17 bits per heavy atom. The van der Waals surface area contributed by atoms with E-state index in [1.807, 2.05) is 23.4 Å². The quantitative estimate of drug-likeness (QED) is 0.555. The molecule has 0 radical (unpaired) electrons. The second-order valence-corrected chi connectivity index (χ2v) is 9.02. The van der Waals surface area contributed by atoms with Gasteiger partial charge < -0.3 is 19.3 Å². The summed E-state index contributed by atoms with van der Waals surface area (Å²) in [6.07, 6.45) is -1.29. The summed E-state index contributed by atoms with van der Waals surface area (Å²) in [4.78, 5) is 20.1. The van der Waals surface area contributed by atoms with Crippen molar-refractivity contribution in [1.82, 2.24) is 19.7 Å². The zero-order valence-electron chi connectivity index (χ0n) is 21.3. The Bertz CT molecular complexity index is 1100. The number of aryl methyl sites for hydroxylation is 2. The van der Waals surface area contributed by atoms with Gasteiger partial charge in [0, 0.05) is 49.7 Å². The van der Waals surface area contributed by atoms with Crippen LogP contribution in [0.1, 0.15) is 67.4 Å². The minimum atomic E-state index is -4.49. The Morgan fingerprint density at radius 2 is 1.89 bits per heavy atom. The lowest BCUT2D eigenvalue weighted by molar-refractivity contribution is -0.138. The van der Waals surface area contributed by atoms with Gasteiger partial charge in [0.2, 0.25) is 0 Å². The molecule has 0 spiro atoms. The summed E-state index contributed by atoms with van der Waals surface area (Å²) in [5, 5.41) is 4.97. The molecule has 0 aliphatic carbocycles. The van der Waals surface area contributed by atoms with Crippen LogP contribution in [0.4, 0.5) is 29.5 Å². The van der Waals surface area contributed by atoms with Crippen molar-refractivity contribution >= 4 is 17.6 Å². The van der Waals surface area contributed by atoms with Gasteiger partial charge in [0.05, 0.1) is 36.6 Å². The maximum Gasteiger partial charge on any atom is 0.418 e. The van der Waals surface area contributed by atoms with Crippen LogP contribution in [0.3, 0.4) is 0 Å². The van der Waals surface area contributed by atoms with E-state index in [0.29, 0.717) is 62.9 Å². The SMILES string of the molecule is CC.COC(=O)N1CCc2c(c(N3CCCc4nc(C)c(C(F)(F)F)cc43)nn2C2CCOCC2)C1. The van der Waals surface area contributed by atoms with Gasteiger partial charge in [-0.05, 0) is 38.7 Å². The molecule has 36 heavy (non-hydrogen) atoms. The van der Waals surface area contributed by atoms with Gasteiger partial charge in [-0.3, -0.25) is 9.67 Å². The normalized spacial score (nSPS) is 18.2. The Morgan fingerprint density at radius 3 is 2.56 bits per heavy atom. The molecule has 0 bridgehead atoms. The number of alkyl halides is 3. The molecule has 5 heterocycles. The minimum absolute atomic E-state index is 0.0141. The highest BCUT2D eigenvalue weighted by Gasteiger charge is 2.38. The molecule has 2 aromatic rings. The Kier molecular flexibility index (Phi) is 7.77. The highest BCUT2D eigenvalue weighted by molar-refractivity contribution is 5.71. The fourth-order valence-corrected chi connectivity index (χ4v) is 5.26. The second kappa shape index (κ2) is 10.7. The van der Waals surface area contributed by atoms with Crippen LogP contribution in [0, 0.1) is 6.92 Å². The van der Waals surface area contributed by atoms with Gasteiger partial charge in [-0.25, -0.2) is 4.79 Å². The number of hydrogen-bond acceptors (Lipinski definition) is 6. The fraction of sp³-hybridized carbons (Fsp3) is 0.640. The van der Waals surface area contributed by atoms with Crippen molar-refractivity contribution in [3.63, 3.8) is 0 Å². The first kappa shape index (κ1) is 26.2. The molecule has 0 unspecified atom stereocenters. The van der Waals surface area contributed by atoms with Crippen molar-refractivity contribution in [2.75, 3.05) is 38.3 Å². The number of nitrogens with zero attached hydrogens (tertiary/aromatic N) is 5. The third-order valence-electron chi connectivity index (χ3n) is 6.95. The number of fused-ring (bicyclic) bond motifs is 2. The van der Waals surface area contributed by atoms with Crippen LogP contribution in [0.5, 0.6) is 0 Å². The minimum Gasteiger partial charge on any atom is -0.453 e. The number of carbonyl (C=O) groups excluding carboxylic acids is 1. The first-order valence-corrected chi connectivity index (χ1v) is 12.6. The van der Waals surface area contributed by atoms with Gasteiger partial charge in [0.25, 0.3) is 0 Å². The molecule has 1 amide bonds. The van der Waals surface area contributed by atoms with E-state index in [-0.39, 0.29) is 11.7 Å². The van der Waals surface area contributed by atoms with E-state index >= 15 is 0 Å². The molecule has 1 saturated heterocycles. The van der Waals surface area contributed by atoms with E-state index < -0.39 is 17.8 Å². The van der Waals surface area contributed by atoms with Crippen LogP contribution in [0.2, 0.25) is 0 Å². The van der Waals surface area contributed by atoms with E-state index in [0.717, 1.165) is 30.5 Å². The molecule has 198 valence electrons. The lowest BCUT2D eigenvalue weighted by atomic mass is 10.0. The van der Waals surface area contributed by atoms with Crippen LogP contribution in [0.25, 0.3) is 0 Å². The van der Waals surface area contributed by atoms with Gasteiger partial charge in [-0.1, -0.05) is 13.8 Å². The zero-order chi connectivity index (χ0) is 26.0. The van der Waals surface area contributed by atoms with Crippen molar-refractivity contribution in [2.45, 2.75) is 71.6 Å². The maximum atomic E-state index is 13.7. The predicted octanol–water partition coefficient (Wildman–Crippen LogP) is 5.19. The van der Waals surface area contributed by atoms with Gasteiger partial charge in [0.1, 0.15) is 0 Å². The van der Waals surface area contributed by atoms with Crippen molar-refractivity contribution in [3.8, 4) is 0 Å². The highest BCUT2D eigenvalue weighted by atomic mass is 19.4. The topological polar surface area (TPSA) is 72.7 Å². The van der Waals surface area contributed by atoms with E-state index in [1.54, 1.807) is 4.90 Å². The summed E-state index contributed by atoms with van der Waals surface area (Å²) in [6.45, 7) is 8.03. The molecule has 1 fully saturated rings. The fourth-order valence-electron chi connectivity index (χ4n) is 5.26. The van der Waals surface area contributed by atoms with Crippen LogP contribution >= 0.6 is 0 Å². The third kappa shape index (κ3) is 4.89. The molecular formula is C25H34F3N5O3. The molecule has 0 aromatic carbocycles. The number of methoxy groups -OCH3 is 1. The van der Waals surface area contributed by atoms with Gasteiger partial charge >= 0.3 is 12.3 Å². The zero-order valence-corrected chi connectivity index (χ0v) is 21.3. The van der Waals surface area contributed by atoms with Crippen LogP contribution in [-0.4, -0.2) is 59.2 Å². The van der Waals surface area contributed by atoms with Crippen molar-refractivity contribution < 1.29 is 27.4 Å². The largest absolute Gasteiger partial charge is 0.453 e. The lowest BCUT2D eigenvalue weighted by Gasteiger charge is -2.32. The molecule has 11 heteroatoms. The summed E-state index contributed by atoms with van der Waals surface area (Å²) >= 11 is 0. The number of halogens is 3. The number of anilines is 2. The summed E-state index contributed by atoms with van der Waals surface area (Å²) < 4.78 is 53.6. The first-order valence-electron chi connectivity index (χ1n) is 12.6. The number of aromatic nitrogens is 3. The Labute approximate surface area is 209 Å². The van der Waals surface area contributed by atoms with Gasteiger partial charge in [-0.2, -0.15) is 18.3 Å². The lowest BCUT2D eigenvalue weighted by Crippen LogP contribution is -2.37. The average molecular weight is 510 g/mol. The summed E-state index contributed by atoms with van der Waals surface area (Å²) in [5.41, 5.74) is 2.24. The molecule has 2 aromatic heterocycles. The summed E-state index contributed by atoms with van der Waals surface area (Å²) in [7, 11) is 1.35. The van der Waals surface area contributed by atoms with E-state index in [9.17, 15) is 18.0 Å². The van der Waals surface area contributed by atoms with Crippen molar-refractivity contribution in [3.05, 3.63) is 34.3 Å². The number of hydrogen-bond donors (Lipinski definition) is 0. The van der Waals surface area contributed by atoms with Crippen LogP contribution in [0.15, 0.2) is 6.07 Å². The monoisotopic (exact) mass is 509 g/mol. The molecule has 8 nitrogen and oxygen atoms in total. The summed E-state index contributed by atoms with van der Waals surface area (Å²) in [5.74, 6) is 0.606. The van der Waals surface area contributed by atoms with Crippen LogP contribution in [-0.2, 0) is 35.0 Å². The summed E-state index contributed by atoms with van der Waals surface area (Å²) in [6, 6.07) is 1.37. The molecular weight excluding hydrogens is 475 g/mol. The number of ether oxygens (including phenoxy) is 2. The van der Waals surface area contributed by atoms with E-state index in [2.05, 4.69) is 4.98 Å². The molecule has 3 aliphatic heterocycles. The first-order chi connectivity index (χ1) is 17.3. The van der Waals surface area contributed by atoms with Crippen LogP contribution < -0.4 is 4.90 Å². The molecule has 0 atom stereocenters. The highest BCUT2D eigenvalue weighted by Crippen LogP contribution is 2.42. The third-order valence-corrected chi connectivity index (χ3v) is 6.95. The number of pyridine rings is 1. The van der Waals surface area contributed by atoms with Crippen molar-refractivity contribution in [2.24, 2.45) is 0 Å². The standard InChI is InChI=1S/C23H28F3N5O3.C2H6/c1-14-17(23(24,25)26)12-20-18(27-14)4-3-8-30(20)21-16-13-29(22(32)33-2)9-5-19(16)31(28-21)15-6-10-34-11-7-15;1-2/h12,15H,3-11,13H2,1-2H3;1-2H3. The molecule has 5 rings (SSSR count). The van der Waals surface area contributed by atoms with Gasteiger partial charge in [-0.15, -0.1) is 0 Å². The molecule has 3 aliphatic rings. The number of amides is 1. The van der Waals surface area contributed by atoms with E-state index in [4.69, 9.17) is 14.6 Å². The predicted molar refractivity (Wildman–Crippen MR) is 128 cm³/mol. The molecule has 0 saturated carbocycles. The number of rotatable bonds is 2. The van der Waals surface area contributed by atoms with Crippen molar-refractivity contribution in [1.29, 1.82) is 0 Å². The second-order valence-electron chi connectivity index (χ2n) is 9.02. The van der Waals surface area contributed by atoms with Gasteiger partial charge in [0.15, 0.2) is 5.82 Å². The molecule has 0 N–H and O–H groups in total. The number of carbonyl (C=O) groups is 1. The van der Waals surface area contributed by atoms with E-state index in [1.165, 1.54) is 20.1 Å². The average Bonchev–Trinajstić information content (AvgIpc) is 3.27.